The Bertz CT molecular complexity index is 1300. The number of phenols is 1. The molecule has 0 spiro atoms. The van der Waals surface area contributed by atoms with Gasteiger partial charge in [0.05, 0.1) is 17.1 Å². The summed E-state index contributed by atoms with van der Waals surface area (Å²) in [7, 11) is 0. The SMILES string of the molecule is N#Cc1sc2c(ccc(=O)n2-c2ccc(O)cc2)c1Nc1ccc(F)cc1F. The van der Waals surface area contributed by atoms with Crippen LogP contribution in [0.3, 0.4) is 0 Å². The number of anilines is 2. The summed E-state index contributed by atoms with van der Waals surface area (Å²) in [6, 6.07) is 14.1. The number of nitrogens with one attached hydrogen (secondary N) is 1. The van der Waals surface area contributed by atoms with Gasteiger partial charge >= 0.3 is 0 Å². The minimum absolute atomic E-state index is 0.0139. The van der Waals surface area contributed by atoms with Gasteiger partial charge in [-0.2, -0.15) is 5.26 Å². The van der Waals surface area contributed by atoms with Crippen LogP contribution < -0.4 is 10.9 Å². The third-order valence-electron chi connectivity index (χ3n) is 4.14. The van der Waals surface area contributed by atoms with Crippen LogP contribution in [0.25, 0.3) is 15.9 Å². The number of nitriles is 1. The molecule has 0 amide bonds. The molecule has 2 heterocycles. The Kier molecular flexibility index (Phi) is 4.29. The second-order valence-corrected chi connectivity index (χ2v) is 6.91. The highest BCUT2D eigenvalue weighted by molar-refractivity contribution is 7.20. The van der Waals surface area contributed by atoms with Gasteiger partial charge in [-0.15, -0.1) is 11.3 Å². The first kappa shape index (κ1) is 17.7. The van der Waals surface area contributed by atoms with E-state index in [4.69, 9.17) is 0 Å². The maximum atomic E-state index is 14.1. The predicted molar refractivity (Wildman–Crippen MR) is 103 cm³/mol. The number of phenolic OH excluding ortho intramolecular Hbond substituents is 1. The van der Waals surface area contributed by atoms with E-state index in [2.05, 4.69) is 5.32 Å². The van der Waals surface area contributed by atoms with Crippen molar-refractivity contribution in [2.45, 2.75) is 0 Å². The molecule has 0 radical (unpaired) electrons. The molecule has 0 saturated heterocycles. The normalized spacial score (nSPS) is 10.8. The van der Waals surface area contributed by atoms with Crippen LogP contribution in [0.5, 0.6) is 5.75 Å². The molecule has 0 bridgehead atoms. The third kappa shape index (κ3) is 2.98. The van der Waals surface area contributed by atoms with E-state index in [-0.39, 0.29) is 21.9 Å². The van der Waals surface area contributed by atoms with Crippen LogP contribution in [0.4, 0.5) is 20.2 Å². The van der Waals surface area contributed by atoms with E-state index >= 15 is 0 Å². The number of halogens is 2. The number of pyridine rings is 1. The van der Waals surface area contributed by atoms with Crippen molar-refractivity contribution in [1.29, 1.82) is 5.26 Å². The summed E-state index contributed by atoms with van der Waals surface area (Å²) in [6.07, 6.45) is 0. The molecular formula is C20H11F2N3O2S. The molecule has 4 rings (SSSR count). The number of hydrogen-bond donors (Lipinski definition) is 2. The number of fused-ring (bicyclic) bond motifs is 1. The fourth-order valence-corrected chi connectivity index (χ4v) is 3.93. The fourth-order valence-electron chi connectivity index (χ4n) is 2.86. The maximum absolute atomic E-state index is 14.1. The quantitative estimate of drug-likeness (QED) is 0.529. The van der Waals surface area contributed by atoms with E-state index in [0.717, 1.165) is 23.5 Å². The van der Waals surface area contributed by atoms with Crippen LogP contribution in [-0.2, 0) is 0 Å². The van der Waals surface area contributed by atoms with E-state index in [1.807, 2.05) is 6.07 Å². The molecule has 0 atom stereocenters. The van der Waals surface area contributed by atoms with Crippen LogP contribution in [0.2, 0.25) is 0 Å². The van der Waals surface area contributed by atoms with Crippen molar-refractivity contribution < 1.29 is 13.9 Å². The molecule has 2 aromatic carbocycles. The Hall–Kier alpha value is -3.70. The number of hydrogen-bond acceptors (Lipinski definition) is 5. The fraction of sp³-hybridized carbons (Fsp3) is 0. The molecular weight excluding hydrogens is 384 g/mol. The molecule has 8 heteroatoms. The summed E-state index contributed by atoms with van der Waals surface area (Å²) in [5.74, 6) is -1.45. The number of nitrogens with zero attached hydrogens (tertiary/aromatic N) is 2. The van der Waals surface area contributed by atoms with E-state index in [0.29, 0.717) is 21.6 Å². The molecule has 4 aromatic rings. The van der Waals surface area contributed by atoms with Crippen molar-refractivity contribution >= 4 is 32.9 Å². The van der Waals surface area contributed by atoms with Gasteiger partial charge in [-0.25, -0.2) is 8.78 Å². The summed E-state index contributed by atoms with van der Waals surface area (Å²) < 4.78 is 28.6. The lowest BCUT2D eigenvalue weighted by molar-refractivity contribution is 0.475. The van der Waals surface area contributed by atoms with Crippen LogP contribution >= 0.6 is 11.3 Å². The Morgan fingerprint density at radius 3 is 2.50 bits per heavy atom. The van der Waals surface area contributed by atoms with Crippen LogP contribution in [0.1, 0.15) is 4.88 Å². The maximum Gasteiger partial charge on any atom is 0.256 e. The first-order valence-corrected chi connectivity index (χ1v) is 8.89. The summed E-state index contributed by atoms with van der Waals surface area (Å²) in [6.45, 7) is 0. The lowest BCUT2D eigenvalue weighted by Crippen LogP contribution is -2.16. The second kappa shape index (κ2) is 6.79. The zero-order valence-electron chi connectivity index (χ0n) is 14.1. The van der Waals surface area contributed by atoms with Crippen LogP contribution in [0, 0.1) is 23.0 Å². The zero-order valence-corrected chi connectivity index (χ0v) is 14.9. The van der Waals surface area contributed by atoms with Gasteiger partial charge in [-0.05, 0) is 42.5 Å². The molecule has 0 aliphatic rings. The summed E-state index contributed by atoms with van der Waals surface area (Å²) >= 11 is 1.07. The van der Waals surface area contributed by atoms with E-state index in [1.54, 1.807) is 18.2 Å². The topological polar surface area (TPSA) is 78.0 Å². The number of thiophene rings is 1. The van der Waals surface area contributed by atoms with E-state index < -0.39 is 11.6 Å². The Balaban J connectivity index is 1.93. The van der Waals surface area contributed by atoms with Gasteiger partial charge < -0.3 is 10.4 Å². The lowest BCUT2D eigenvalue weighted by atomic mass is 10.2. The highest BCUT2D eigenvalue weighted by atomic mass is 32.1. The average Bonchev–Trinajstić information content (AvgIpc) is 3.02. The number of rotatable bonds is 3. The van der Waals surface area contributed by atoms with Gasteiger partial charge in [0.15, 0.2) is 0 Å². The predicted octanol–water partition coefficient (Wildman–Crippen LogP) is 4.65. The summed E-state index contributed by atoms with van der Waals surface area (Å²) in [5.41, 5.74) is 0.544. The molecule has 2 aromatic heterocycles. The Morgan fingerprint density at radius 2 is 1.82 bits per heavy atom. The summed E-state index contributed by atoms with van der Waals surface area (Å²) in [5, 5.41) is 22.4. The molecule has 138 valence electrons. The van der Waals surface area contributed by atoms with Crippen LogP contribution in [0.15, 0.2) is 59.4 Å². The highest BCUT2D eigenvalue weighted by Crippen LogP contribution is 2.38. The number of aromatic hydroxyl groups is 1. The first-order chi connectivity index (χ1) is 13.5. The summed E-state index contributed by atoms with van der Waals surface area (Å²) in [4.78, 5) is 13.2. The van der Waals surface area contributed by atoms with Gasteiger partial charge in [0.1, 0.15) is 33.2 Å². The average molecular weight is 395 g/mol. The Labute approximate surface area is 161 Å². The van der Waals surface area contributed by atoms with Crippen molar-refractivity contribution in [2.75, 3.05) is 5.32 Å². The molecule has 28 heavy (non-hydrogen) atoms. The minimum atomic E-state index is -0.796. The third-order valence-corrected chi connectivity index (χ3v) is 5.24. The minimum Gasteiger partial charge on any atom is -0.508 e. The molecule has 0 fully saturated rings. The van der Waals surface area contributed by atoms with Crippen molar-refractivity contribution in [3.05, 3.63) is 81.5 Å². The number of benzene rings is 2. The van der Waals surface area contributed by atoms with Gasteiger partial charge in [0.25, 0.3) is 5.56 Å². The van der Waals surface area contributed by atoms with Crippen molar-refractivity contribution in [3.8, 4) is 17.5 Å². The van der Waals surface area contributed by atoms with Gasteiger partial charge in [0, 0.05) is 17.5 Å². The number of aromatic nitrogens is 1. The smallest absolute Gasteiger partial charge is 0.256 e. The van der Waals surface area contributed by atoms with Crippen molar-refractivity contribution in [3.63, 3.8) is 0 Å². The van der Waals surface area contributed by atoms with E-state index in [1.165, 1.54) is 28.8 Å². The molecule has 0 aliphatic heterocycles. The molecule has 0 saturated carbocycles. The van der Waals surface area contributed by atoms with Crippen molar-refractivity contribution in [1.82, 2.24) is 4.57 Å². The zero-order chi connectivity index (χ0) is 19.8. The second-order valence-electron chi connectivity index (χ2n) is 5.91. The van der Waals surface area contributed by atoms with Gasteiger partial charge in [0.2, 0.25) is 0 Å². The standard InChI is InChI=1S/C20H11F2N3O2S/c21-11-1-7-16(15(22)9-11)24-19-14-6-8-18(27)25(20(14)28-17(19)10-23)12-2-4-13(26)5-3-12/h1-9,24,26H. The van der Waals surface area contributed by atoms with Crippen LogP contribution in [-0.4, -0.2) is 9.67 Å². The molecule has 2 N–H and O–H groups in total. The molecule has 0 unspecified atom stereocenters. The largest absolute Gasteiger partial charge is 0.508 e. The van der Waals surface area contributed by atoms with Gasteiger partial charge in [-0.1, -0.05) is 0 Å². The first-order valence-electron chi connectivity index (χ1n) is 8.08. The molecule has 5 nitrogen and oxygen atoms in total. The lowest BCUT2D eigenvalue weighted by Gasteiger charge is -2.09. The molecule has 0 aliphatic carbocycles. The van der Waals surface area contributed by atoms with E-state index in [9.17, 15) is 23.9 Å². The highest BCUT2D eigenvalue weighted by Gasteiger charge is 2.18. The Morgan fingerprint density at radius 1 is 1.07 bits per heavy atom. The van der Waals surface area contributed by atoms with Gasteiger partial charge in [-0.3, -0.25) is 9.36 Å². The van der Waals surface area contributed by atoms with Crippen molar-refractivity contribution in [2.24, 2.45) is 0 Å². The monoisotopic (exact) mass is 395 g/mol.